The Balaban J connectivity index is 3.08. The third kappa shape index (κ3) is 4.12. The summed E-state index contributed by atoms with van der Waals surface area (Å²) in [6.07, 6.45) is 1.29. The van der Waals surface area contributed by atoms with Crippen molar-refractivity contribution in [3.8, 4) is 0 Å². The molecule has 0 unspecified atom stereocenters. The van der Waals surface area contributed by atoms with E-state index in [9.17, 15) is 8.42 Å². The minimum Gasteiger partial charge on any atom is -0.369 e. The van der Waals surface area contributed by atoms with Crippen molar-refractivity contribution in [2.45, 2.75) is 38.1 Å². The molecule has 0 aliphatic carbocycles. The first-order valence-corrected chi connectivity index (χ1v) is 7.45. The van der Waals surface area contributed by atoms with Crippen LogP contribution in [0.15, 0.2) is 17.2 Å². The molecule has 0 radical (unpaired) electrons. The summed E-state index contributed by atoms with van der Waals surface area (Å²) in [5.41, 5.74) is -0.550. The van der Waals surface area contributed by atoms with Crippen molar-refractivity contribution < 1.29 is 8.42 Å². The second kappa shape index (κ2) is 5.42. The summed E-state index contributed by atoms with van der Waals surface area (Å²) in [7, 11) is -3.60. The first-order chi connectivity index (χ1) is 8.15. The number of hydrogen-bond acceptors (Lipinski definition) is 4. The number of aromatic nitrogens is 1. The Hall–Kier alpha value is -0.850. The van der Waals surface area contributed by atoms with Gasteiger partial charge in [0.15, 0.2) is 0 Å². The Morgan fingerprint density at radius 3 is 2.44 bits per heavy atom. The van der Waals surface area contributed by atoms with E-state index in [0.717, 1.165) is 0 Å². The Kier molecular flexibility index (Phi) is 4.58. The molecule has 0 saturated heterocycles. The highest BCUT2D eigenvalue weighted by Crippen LogP contribution is 2.22. The van der Waals surface area contributed by atoms with Crippen molar-refractivity contribution in [3.63, 3.8) is 0 Å². The maximum atomic E-state index is 12.0. The largest absolute Gasteiger partial charge is 0.369 e. The van der Waals surface area contributed by atoms with Crippen LogP contribution in [0.25, 0.3) is 0 Å². The molecule has 1 aromatic rings. The summed E-state index contributed by atoms with van der Waals surface area (Å²) in [4.78, 5) is 4.06. The van der Waals surface area contributed by atoms with Crippen LogP contribution < -0.4 is 10.0 Å². The molecule has 7 heteroatoms. The van der Waals surface area contributed by atoms with Crippen molar-refractivity contribution in [1.82, 2.24) is 9.71 Å². The van der Waals surface area contributed by atoms with Gasteiger partial charge in [-0.1, -0.05) is 11.6 Å². The van der Waals surface area contributed by atoms with Crippen LogP contribution in [0.3, 0.4) is 0 Å². The molecular formula is C11H18ClN3O2S. The maximum absolute atomic E-state index is 12.0. The zero-order valence-corrected chi connectivity index (χ0v) is 12.5. The first-order valence-electron chi connectivity index (χ1n) is 5.59. The molecule has 0 fully saturated rings. The predicted octanol–water partition coefficient (Wildman–Crippen LogP) is 2.24. The van der Waals surface area contributed by atoms with Gasteiger partial charge in [-0.3, -0.25) is 0 Å². The molecule has 18 heavy (non-hydrogen) atoms. The highest BCUT2D eigenvalue weighted by atomic mass is 35.5. The van der Waals surface area contributed by atoms with Gasteiger partial charge in [-0.15, -0.1) is 0 Å². The molecule has 2 N–H and O–H groups in total. The standard InChI is InChI=1S/C11H18ClN3O2S/c1-5-13-10-9(12)6-8(7-14-10)18(16,17)15-11(2,3)4/h6-7,15H,5H2,1-4H3,(H,13,14). The van der Waals surface area contributed by atoms with Gasteiger partial charge in [0.1, 0.15) is 10.7 Å². The smallest absolute Gasteiger partial charge is 0.242 e. The van der Waals surface area contributed by atoms with Crippen LogP contribution in [0, 0.1) is 0 Å². The third-order valence-electron chi connectivity index (χ3n) is 1.91. The Labute approximate surface area is 113 Å². The molecule has 1 aromatic heterocycles. The molecule has 0 aliphatic heterocycles. The number of hydrogen-bond donors (Lipinski definition) is 2. The molecule has 102 valence electrons. The number of sulfonamides is 1. The summed E-state index contributed by atoms with van der Waals surface area (Å²) in [5, 5.41) is 3.23. The van der Waals surface area contributed by atoms with Crippen LogP contribution in [0.1, 0.15) is 27.7 Å². The second-order valence-corrected chi connectivity index (χ2v) is 6.98. The molecule has 0 bridgehead atoms. The fraction of sp³-hybridized carbons (Fsp3) is 0.545. The lowest BCUT2D eigenvalue weighted by Gasteiger charge is -2.20. The van der Waals surface area contributed by atoms with Crippen LogP contribution in [0.5, 0.6) is 0 Å². The normalized spacial score (nSPS) is 12.5. The van der Waals surface area contributed by atoms with E-state index in [1.807, 2.05) is 6.92 Å². The number of halogens is 1. The van der Waals surface area contributed by atoms with E-state index in [0.29, 0.717) is 12.4 Å². The Morgan fingerprint density at radius 1 is 1.39 bits per heavy atom. The molecule has 0 aromatic carbocycles. The summed E-state index contributed by atoms with van der Waals surface area (Å²) < 4.78 is 26.6. The highest BCUT2D eigenvalue weighted by Gasteiger charge is 2.23. The number of pyridine rings is 1. The van der Waals surface area contributed by atoms with Crippen molar-refractivity contribution in [1.29, 1.82) is 0 Å². The molecule has 0 amide bonds. The third-order valence-corrected chi connectivity index (χ3v) is 3.92. The lowest BCUT2D eigenvalue weighted by molar-refractivity contribution is 0.491. The Bertz CT molecular complexity index is 524. The van der Waals surface area contributed by atoms with E-state index in [1.165, 1.54) is 12.3 Å². The van der Waals surface area contributed by atoms with E-state index < -0.39 is 15.6 Å². The summed E-state index contributed by atoms with van der Waals surface area (Å²) in [6, 6.07) is 1.39. The SMILES string of the molecule is CCNc1ncc(S(=O)(=O)NC(C)(C)C)cc1Cl. The average Bonchev–Trinajstić information content (AvgIpc) is 2.17. The number of rotatable bonds is 4. The molecule has 5 nitrogen and oxygen atoms in total. The minimum absolute atomic E-state index is 0.0593. The molecule has 1 heterocycles. The molecule has 0 aliphatic rings. The number of nitrogens with one attached hydrogen (secondary N) is 2. The van der Waals surface area contributed by atoms with Crippen LogP contribution in [-0.2, 0) is 10.0 Å². The van der Waals surface area contributed by atoms with Crippen LogP contribution >= 0.6 is 11.6 Å². The van der Waals surface area contributed by atoms with Gasteiger partial charge in [0.25, 0.3) is 0 Å². The summed E-state index contributed by atoms with van der Waals surface area (Å²) >= 11 is 5.97. The van der Waals surface area contributed by atoms with Crippen molar-refractivity contribution >= 4 is 27.4 Å². The molecule has 0 saturated carbocycles. The lowest BCUT2D eigenvalue weighted by Crippen LogP contribution is -2.40. The fourth-order valence-corrected chi connectivity index (χ4v) is 3.01. The number of nitrogens with zero attached hydrogens (tertiary/aromatic N) is 1. The molecule has 0 spiro atoms. The molecule has 1 rings (SSSR count). The quantitative estimate of drug-likeness (QED) is 0.892. The minimum atomic E-state index is -3.60. The van der Waals surface area contributed by atoms with Gasteiger partial charge in [0.2, 0.25) is 10.0 Å². The van der Waals surface area contributed by atoms with Gasteiger partial charge in [0.05, 0.1) is 5.02 Å². The van der Waals surface area contributed by atoms with Gasteiger partial charge >= 0.3 is 0 Å². The molecular weight excluding hydrogens is 274 g/mol. The summed E-state index contributed by atoms with van der Waals surface area (Å²) in [5.74, 6) is 0.480. The maximum Gasteiger partial charge on any atom is 0.242 e. The number of anilines is 1. The van der Waals surface area contributed by atoms with Crippen LogP contribution in [-0.4, -0.2) is 25.5 Å². The lowest BCUT2D eigenvalue weighted by atomic mass is 10.1. The van der Waals surface area contributed by atoms with E-state index in [1.54, 1.807) is 20.8 Å². The van der Waals surface area contributed by atoms with E-state index in [2.05, 4.69) is 15.0 Å². The molecule has 0 atom stereocenters. The van der Waals surface area contributed by atoms with Gasteiger partial charge in [0, 0.05) is 18.3 Å². The highest BCUT2D eigenvalue weighted by molar-refractivity contribution is 7.89. The first kappa shape index (κ1) is 15.2. The zero-order valence-electron chi connectivity index (χ0n) is 10.9. The van der Waals surface area contributed by atoms with E-state index >= 15 is 0 Å². The average molecular weight is 292 g/mol. The van der Waals surface area contributed by atoms with E-state index in [4.69, 9.17) is 11.6 Å². The topological polar surface area (TPSA) is 71.1 Å². The van der Waals surface area contributed by atoms with Crippen molar-refractivity contribution in [2.24, 2.45) is 0 Å². The van der Waals surface area contributed by atoms with Crippen LogP contribution in [0.4, 0.5) is 5.82 Å². The zero-order chi connectivity index (χ0) is 14.0. The summed E-state index contributed by atoms with van der Waals surface area (Å²) in [6.45, 7) is 7.88. The second-order valence-electron chi connectivity index (χ2n) is 4.89. The monoisotopic (exact) mass is 291 g/mol. The van der Waals surface area contributed by atoms with Crippen LogP contribution in [0.2, 0.25) is 5.02 Å². The van der Waals surface area contributed by atoms with Gasteiger partial charge in [-0.25, -0.2) is 18.1 Å². The van der Waals surface area contributed by atoms with Crippen molar-refractivity contribution in [3.05, 3.63) is 17.3 Å². The van der Waals surface area contributed by atoms with Gasteiger partial charge < -0.3 is 5.32 Å². The predicted molar refractivity (Wildman–Crippen MR) is 73.5 cm³/mol. The van der Waals surface area contributed by atoms with Gasteiger partial charge in [-0.05, 0) is 33.8 Å². The van der Waals surface area contributed by atoms with E-state index in [-0.39, 0.29) is 9.92 Å². The van der Waals surface area contributed by atoms with Gasteiger partial charge in [-0.2, -0.15) is 0 Å². The van der Waals surface area contributed by atoms with Crippen molar-refractivity contribution in [2.75, 3.05) is 11.9 Å². The fourth-order valence-electron chi connectivity index (χ4n) is 1.33. The Morgan fingerprint density at radius 2 is 2.00 bits per heavy atom.